The van der Waals surface area contributed by atoms with Gasteiger partial charge in [-0.15, -0.1) is 0 Å². The van der Waals surface area contributed by atoms with Gasteiger partial charge in [-0.3, -0.25) is 0 Å². The van der Waals surface area contributed by atoms with Crippen molar-refractivity contribution in [3.63, 3.8) is 0 Å². The number of halogens is 1. The van der Waals surface area contributed by atoms with Crippen LogP contribution in [0, 0.1) is 5.92 Å². The summed E-state index contributed by atoms with van der Waals surface area (Å²) in [6, 6.07) is 3.39. The van der Waals surface area contributed by atoms with Gasteiger partial charge in [0.1, 0.15) is 0 Å². The number of carbonyl (C=O) groups is 1. The standard InChI is InChI=1S/C14H21ClN2O2/c1-5-8(2)9(3)17-13-11(14(18)19-4)6-10(16)7-12(13)15/h6-9,17H,5,16H2,1-4H3. The lowest BCUT2D eigenvalue weighted by Gasteiger charge is -2.23. The predicted molar refractivity (Wildman–Crippen MR) is 79.7 cm³/mol. The molecule has 0 amide bonds. The molecule has 0 heterocycles. The number of nitrogens with two attached hydrogens (primary N) is 1. The Morgan fingerprint density at radius 3 is 2.63 bits per heavy atom. The Morgan fingerprint density at radius 2 is 2.11 bits per heavy atom. The first-order valence-corrected chi connectivity index (χ1v) is 6.72. The zero-order chi connectivity index (χ0) is 14.6. The van der Waals surface area contributed by atoms with Crippen LogP contribution in [0.2, 0.25) is 5.02 Å². The molecule has 0 radical (unpaired) electrons. The van der Waals surface area contributed by atoms with E-state index < -0.39 is 5.97 Å². The Hall–Kier alpha value is -1.42. The number of hydrogen-bond acceptors (Lipinski definition) is 4. The second-order valence-electron chi connectivity index (χ2n) is 4.74. The number of anilines is 2. The summed E-state index contributed by atoms with van der Waals surface area (Å²) in [5, 5.41) is 3.71. The number of methoxy groups -OCH3 is 1. The molecule has 19 heavy (non-hydrogen) atoms. The number of nitrogens with one attached hydrogen (secondary N) is 1. The van der Waals surface area contributed by atoms with E-state index in [0.717, 1.165) is 6.42 Å². The summed E-state index contributed by atoms with van der Waals surface area (Å²) in [6.07, 6.45) is 1.04. The van der Waals surface area contributed by atoms with Gasteiger partial charge < -0.3 is 15.8 Å². The zero-order valence-electron chi connectivity index (χ0n) is 11.8. The number of rotatable bonds is 5. The SMILES string of the molecule is CCC(C)C(C)Nc1c(Cl)cc(N)cc1C(=O)OC. The van der Waals surface area contributed by atoms with Crippen molar-refractivity contribution in [2.75, 3.05) is 18.2 Å². The minimum atomic E-state index is -0.451. The van der Waals surface area contributed by atoms with E-state index in [2.05, 4.69) is 26.1 Å². The molecule has 5 heteroatoms. The van der Waals surface area contributed by atoms with Crippen LogP contribution in [0.3, 0.4) is 0 Å². The average molecular weight is 285 g/mol. The molecule has 0 saturated heterocycles. The summed E-state index contributed by atoms with van der Waals surface area (Å²) in [4.78, 5) is 11.8. The fourth-order valence-corrected chi connectivity index (χ4v) is 2.05. The molecule has 2 unspecified atom stereocenters. The van der Waals surface area contributed by atoms with Crippen molar-refractivity contribution < 1.29 is 9.53 Å². The van der Waals surface area contributed by atoms with Crippen LogP contribution in [0.4, 0.5) is 11.4 Å². The third-order valence-corrected chi connectivity index (χ3v) is 3.69. The van der Waals surface area contributed by atoms with Crippen molar-refractivity contribution >= 4 is 28.9 Å². The number of nitrogen functional groups attached to an aromatic ring is 1. The van der Waals surface area contributed by atoms with Gasteiger partial charge in [-0.05, 0) is 25.0 Å². The summed E-state index contributed by atoms with van der Waals surface area (Å²) < 4.78 is 4.76. The van der Waals surface area contributed by atoms with E-state index in [1.54, 1.807) is 12.1 Å². The van der Waals surface area contributed by atoms with Crippen molar-refractivity contribution in [3.8, 4) is 0 Å². The Kier molecular flexibility index (Phi) is 5.48. The summed E-state index contributed by atoms with van der Waals surface area (Å²) >= 11 is 6.18. The highest BCUT2D eigenvalue weighted by Crippen LogP contribution is 2.31. The normalized spacial score (nSPS) is 13.7. The first kappa shape index (κ1) is 15.6. The molecular weight excluding hydrogens is 264 g/mol. The maximum atomic E-state index is 11.8. The molecule has 0 aliphatic rings. The molecule has 1 aromatic rings. The van der Waals surface area contributed by atoms with E-state index in [1.165, 1.54) is 7.11 Å². The molecule has 0 spiro atoms. The monoisotopic (exact) mass is 284 g/mol. The second kappa shape index (κ2) is 6.66. The molecule has 0 aromatic heterocycles. The molecule has 0 aliphatic heterocycles. The molecule has 0 saturated carbocycles. The Balaban J connectivity index is 3.14. The number of esters is 1. The van der Waals surface area contributed by atoms with Crippen LogP contribution in [0.25, 0.3) is 0 Å². The van der Waals surface area contributed by atoms with Crippen LogP contribution in [0.15, 0.2) is 12.1 Å². The van der Waals surface area contributed by atoms with Crippen LogP contribution < -0.4 is 11.1 Å². The fourth-order valence-electron chi connectivity index (χ4n) is 1.77. The molecular formula is C14H21ClN2O2. The molecule has 0 fully saturated rings. The highest BCUT2D eigenvalue weighted by molar-refractivity contribution is 6.34. The van der Waals surface area contributed by atoms with Crippen LogP contribution in [0.1, 0.15) is 37.6 Å². The minimum absolute atomic E-state index is 0.189. The van der Waals surface area contributed by atoms with Crippen LogP contribution >= 0.6 is 11.6 Å². The third-order valence-electron chi connectivity index (χ3n) is 3.39. The molecule has 1 aromatic carbocycles. The fraction of sp³-hybridized carbons (Fsp3) is 0.500. The van der Waals surface area contributed by atoms with Gasteiger partial charge in [-0.2, -0.15) is 0 Å². The Bertz CT molecular complexity index is 463. The number of carbonyl (C=O) groups excluding carboxylic acids is 1. The van der Waals surface area contributed by atoms with E-state index >= 15 is 0 Å². The molecule has 3 N–H and O–H groups in total. The van der Waals surface area contributed by atoms with Gasteiger partial charge in [0.2, 0.25) is 0 Å². The van der Waals surface area contributed by atoms with Gasteiger partial charge in [0.15, 0.2) is 0 Å². The summed E-state index contributed by atoms with van der Waals surface area (Å²) in [5.41, 5.74) is 7.10. The number of ether oxygens (including phenoxy) is 1. The predicted octanol–water partition coefficient (Wildman–Crippen LogP) is 3.56. The first-order valence-electron chi connectivity index (χ1n) is 6.34. The smallest absolute Gasteiger partial charge is 0.340 e. The van der Waals surface area contributed by atoms with Crippen molar-refractivity contribution in [2.24, 2.45) is 5.92 Å². The second-order valence-corrected chi connectivity index (χ2v) is 5.14. The molecule has 0 bridgehead atoms. The van der Waals surface area contributed by atoms with Gasteiger partial charge in [0.05, 0.1) is 23.4 Å². The van der Waals surface area contributed by atoms with Crippen molar-refractivity contribution in [3.05, 3.63) is 22.7 Å². The lowest BCUT2D eigenvalue weighted by atomic mass is 10.00. The van der Waals surface area contributed by atoms with Crippen molar-refractivity contribution in [1.82, 2.24) is 0 Å². The Morgan fingerprint density at radius 1 is 1.47 bits per heavy atom. The van der Waals surface area contributed by atoms with Crippen LogP contribution in [-0.2, 0) is 4.74 Å². The van der Waals surface area contributed by atoms with E-state index in [0.29, 0.717) is 27.9 Å². The molecule has 4 nitrogen and oxygen atoms in total. The molecule has 2 atom stereocenters. The summed E-state index contributed by atoms with van der Waals surface area (Å²) in [6.45, 7) is 6.32. The topological polar surface area (TPSA) is 64.3 Å². The minimum Gasteiger partial charge on any atom is -0.465 e. The molecule has 1 rings (SSSR count). The van der Waals surface area contributed by atoms with E-state index in [4.69, 9.17) is 22.1 Å². The number of hydrogen-bond donors (Lipinski definition) is 2. The largest absolute Gasteiger partial charge is 0.465 e. The van der Waals surface area contributed by atoms with Gasteiger partial charge in [-0.1, -0.05) is 31.9 Å². The lowest BCUT2D eigenvalue weighted by molar-refractivity contribution is 0.0602. The zero-order valence-corrected chi connectivity index (χ0v) is 12.5. The number of benzene rings is 1. The quantitative estimate of drug-likeness (QED) is 0.641. The van der Waals surface area contributed by atoms with Gasteiger partial charge in [0, 0.05) is 11.7 Å². The Labute approximate surface area is 119 Å². The maximum Gasteiger partial charge on any atom is 0.340 e. The summed E-state index contributed by atoms with van der Waals surface area (Å²) in [5.74, 6) is 0.00664. The van der Waals surface area contributed by atoms with E-state index in [9.17, 15) is 4.79 Å². The molecule has 0 aliphatic carbocycles. The first-order chi connectivity index (χ1) is 8.90. The van der Waals surface area contributed by atoms with Gasteiger partial charge >= 0.3 is 5.97 Å². The highest BCUT2D eigenvalue weighted by atomic mass is 35.5. The summed E-state index contributed by atoms with van der Waals surface area (Å²) in [7, 11) is 1.33. The van der Waals surface area contributed by atoms with Crippen molar-refractivity contribution in [2.45, 2.75) is 33.2 Å². The lowest BCUT2D eigenvalue weighted by Crippen LogP contribution is -2.25. The highest BCUT2D eigenvalue weighted by Gasteiger charge is 2.19. The maximum absolute atomic E-state index is 11.8. The average Bonchev–Trinajstić information content (AvgIpc) is 2.39. The van der Waals surface area contributed by atoms with Crippen LogP contribution in [0.5, 0.6) is 0 Å². The van der Waals surface area contributed by atoms with Crippen molar-refractivity contribution in [1.29, 1.82) is 0 Å². The van der Waals surface area contributed by atoms with Crippen LogP contribution in [-0.4, -0.2) is 19.1 Å². The third kappa shape index (κ3) is 3.77. The van der Waals surface area contributed by atoms with E-state index in [1.807, 2.05) is 0 Å². The van der Waals surface area contributed by atoms with Gasteiger partial charge in [-0.25, -0.2) is 4.79 Å². The molecule has 106 valence electrons. The van der Waals surface area contributed by atoms with E-state index in [-0.39, 0.29) is 6.04 Å². The van der Waals surface area contributed by atoms with Gasteiger partial charge in [0.25, 0.3) is 0 Å².